The zero-order chi connectivity index (χ0) is 17.7. The monoisotopic (exact) mass is 350 g/mol. The van der Waals surface area contributed by atoms with Gasteiger partial charge in [-0.3, -0.25) is 4.79 Å². The molecule has 2 aromatic carbocycles. The summed E-state index contributed by atoms with van der Waals surface area (Å²) in [4.78, 5) is 12.1. The second-order valence-corrected chi connectivity index (χ2v) is 7.45. The largest absolute Gasteiger partial charge is 0.351 e. The molecule has 0 unspecified atom stereocenters. The first-order valence-corrected chi connectivity index (χ1v) is 8.81. The van der Waals surface area contributed by atoms with Gasteiger partial charge in [0.1, 0.15) is 5.82 Å². The highest BCUT2D eigenvalue weighted by molar-refractivity contribution is 7.89. The standard InChI is InChI=1S/C17H19FN2O3S/c1-13-6-8-16(9-7-13)24(22,23)20(2)11-10-19-17(21)14-4-3-5-15(18)12-14/h3-9,12H,10-11H2,1-2H3,(H,19,21). The number of hydrogen-bond donors (Lipinski definition) is 1. The number of rotatable bonds is 6. The Balaban J connectivity index is 1.94. The Labute approximate surface area is 141 Å². The Morgan fingerprint density at radius 2 is 1.83 bits per heavy atom. The maximum absolute atomic E-state index is 13.1. The third-order valence-electron chi connectivity index (χ3n) is 3.53. The van der Waals surface area contributed by atoms with Crippen molar-refractivity contribution >= 4 is 15.9 Å². The summed E-state index contributed by atoms with van der Waals surface area (Å²) >= 11 is 0. The predicted octanol–water partition coefficient (Wildman–Crippen LogP) is 2.18. The third kappa shape index (κ3) is 4.39. The first-order valence-electron chi connectivity index (χ1n) is 7.37. The van der Waals surface area contributed by atoms with Crippen LogP contribution in [0.3, 0.4) is 0 Å². The molecular formula is C17H19FN2O3S. The van der Waals surface area contributed by atoms with Gasteiger partial charge >= 0.3 is 0 Å². The van der Waals surface area contributed by atoms with Gasteiger partial charge in [0.15, 0.2) is 0 Å². The van der Waals surface area contributed by atoms with Crippen molar-refractivity contribution in [3.05, 3.63) is 65.5 Å². The Kier molecular flexibility index (Phi) is 5.69. The molecule has 0 heterocycles. The Hall–Kier alpha value is -2.25. The van der Waals surface area contributed by atoms with Crippen molar-refractivity contribution in [2.45, 2.75) is 11.8 Å². The summed E-state index contributed by atoms with van der Waals surface area (Å²) < 4.78 is 39.0. The van der Waals surface area contributed by atoms with E-state index in [0.717, 1.165) is 11.6 Å². The van der Waals surface area contributed by atoms with Gasteiger partial charge < -0.3 is 5.32 Å². The number of likely N-dealkylation sites (N-methyl/N-ethyl adjacent to an activating group) is 1. The van der Waals surface area contributed by atoms with Crippen LogP contribution < -0.4 is 5.32 Å². The molecule has 0 bridgehead atoms. The molecule has 24 heavy (non-hydrogen) atoms. The number of halogens is 1. The summed E-state index contributed by atoms with van der Waals surface area (Å²) in [5.41, 5.74) is 1.16. The molecule has 0 aliphatic heterocycles. The van der Waals surface area contributed by atoms with Crippen LogP contribution in [0.1, 0.15) is 15.9 Å². The molecule has 0 aliphatic carbocycles. The minimum absolute atomic E-state index is 0.108. The zero-order valence-electron chi connectivity index (χ0n) is 13.5. The topological polar surface area (TPSA) is 66.5 Å². The quantitative estimate of drug-likeness (QED) is 0.868. The van der Waals surface area contributed by atoms with Crippen LogP contribution >= 0.6 is 0 Å². The number of amides is 1. The first-order chi connectivity index (χ1) is 11.3. The fourth-order valence-electron chi connectivity index (χ4n) is 2.07. The summed E-state index contributed by atoms with van der Waals surface area (Å²) in [6, 6.07) is 11.9. The van der Waals surface area contributed by atoms with Crippen LogP contribution in [0.25, 0.3) is 0 Å². The van der Waals surface area contributed by atoms with E-state index in [1.54, 1.807) is 24.3 Å². The molecule has 0 atom stereocenters. The number of hydrogen-bond acceptors (Lipinski definition) is 3. The van der Waals surface area contributed by atoms with Gasteiger partial charge in [0.2, 0.25) is 10.0 Å². The molecular weight excluding hydrogens is 331 g/mol. The van der Waals surface area contributed by atoms with E-state index in [-0.39, 0.29) is 23.5 Å². The van der Waals surface area contributed by atoms with Crippen LogP contribution in [-0.4, -0.2) is 38.8 Å². The number of aryl methyl sites for hydroxylation is 1. The normalized spacial score (nSPS) is 11.5. The second kappa shape index (κ2) is 7.55. The number of nitrogens with one attached hydrogen (secondary N) is 1. The summed E-state index contributed by atoms with van der Waals surface area (Å²) in [6.07, 6.45) is 0. The first kappa shape index (κ1) is 18.1. The molecule has 0 spiro atoms. The third-order valence-corrected chi connectivity index (χ3v) is 5.40. The minimum Gasteiger partial charge on any atom is -0.351 e. The molecule has 0 aromatic heterocycles. The fraction of sp³-hybridized carbons (Fsp3) is 0.235. The van der Waals surface area contributed by atoms with E-state index in [0.29, 0.717) is 0 Å². The van der Waals surface area contributed by atoms with Crippen molar-refractivity contribution in [2.24, 2.45) is 0 Å². The number of sulfonamides is 1. The van der Waals surface area contributed by atoms with E-state index in [1.165, 1.54) is 29.6 Å². The molecule has 1 amide bonds. The van der Waals surface area contributed by atoms with E-state index >= 15 is 0 Å². The van der Waals surface area contributed by atoms with E-state index in [4.69, 9.17) is 0 Å². The van der Waals surface area contributed by atoms with E-state index in [1.807, 2.05) is 6.92 Å². The lowest BCUT2D eigenvalue weighted by Crippen LogP contribution is -2.36. The van der Waals surface area contributed by atoms with Crippen LogP contribution in [0.5, 0.6) is 0 Å². The molecule has 5 nitrogen and oxygen atoms in total. The van der Waals surface area contributed by atoms with Gasteiger partial charge in [-0.15, -0.1) is 0 Å². The molecule has 0 saturated heterocycles. The van der Waals surface area contributed by atoms with Gasteiger partial charge in [0.05, 0.1) is 4.90 Å². The predicted molar refractivity (Wildman–Crippen MR) is 89.7 cm³/mol. The Morgan fingerprint density at radius 3 is 2.46 bits per heavy atom. The van der Waals surface area contributed by atoms with Crippen LogP contribution in [-0.2, 0) is 10.0 Å². The highest BCUT2D eigenvalue weighted by atomic mass is 32.2. The van der Waals surface area contributed by atoms with Crippen molar-refractivity contribution in [2.75, 3.05) is 20.1 Å². The molecule has 0 saturated carbocycles. The summed E-state index contributed by atoms with van der Waals surface area (Å²) in [7, 11) is -2.16. The minimum atomic E-state index is -3.60. The number of carbonyl (C=O) groups is 1. The molecule has 2 rings (SSSR count). The maximum Gasteiger partial charge on any atom is 0.251 e. The molecule has 2 aromatic rings. The van der Waals surface area contributed by atoms with E-state index < -0.39 is 21.7 Å². The molecule has 0 radical (unpaired) electrons. The highest BCUT2D eigenvalue weighted by Gasteiger charge is 2.20. The molecule has 7 heteroatoms. The van der Waals surface area contributed by atoms with Gasteiger partial charge in [-0.05, 0) is 37.3 Å². The molecule has 0 aliphatic rings. The van der Waals surface area contributed by atoms with Crippen molar-refractivity contribution < 1.29 is 17.6 Å². The number of nitrogens with zero attached hydrogens (tertiary/aromatic N) is 1. The van der Waals surface area contributed by atoms with Crippen LogP contribution in [0.2, 0.25) is 0 Å². The molecule has 128 valence electrons. The lowest BCUT2D eigenvalue weighted by molar-refractivity contribution is 0.0951. The van der Waals surface area contributed by atoms with Gasteiger partial charge in [-0.25, -0.2) is 12.8 Å². The second-order valence-electron chi connectivity index (χ2n) is 5.41. The highest BCUT2D eigenvalue weighted by Crippen LogP contribution is 2.14. The van der Waals surface area contributed by atoms with Crippen LogP contribution in [0.15, 0.2) is 53.4 Å². The van der Waals surface area contributed by atoms with Crippen molar-refractivity contribution in [1.82, 2.24) is 9.62 Å². The van der Waals surface area contributed by atoms with Gasteiger partial charge in [0.25, 0.3) is 5.91 Å². The van der Waals surface area contributed by atoms with E-state index in [2.05, 4.69) is 5.32 Å². The Morgan fingerprint density at radius 1 is 1.17 bits per heavy atom. The van der Waals surface area contributed by atoms with Gasteiger partial charge in [0, 0.05) is 25.7 Å². The number of benzene rings is 2. The lowest BCUT2D eigenvalue weighted by atomic mass is 10.2. The smallest absolute Gasteiger partial charge is 0.251 e. The Bertz CT molecular complexity index is 820. The summed E-state index contributed by atoms with van der Waals surface area (Å²) in [5, 5.41) is 2.58. The van der Waals surface area contributed by atoms with Gasteiger partial charge in [-0.2, -0.15) is 4.31 Å². The SMILES string of the molecule is Cc1ccc(S(=O)(=O)N(C)CCNC(=O)c2cccc(F)c2)cc1. The lowest BCUT2D eigenvalue weighted by Gasteiger charge is -2.17. The summed E-state index contributed by atoms with van der Waals surface area (Å²) in [5.74, 6) is -0.947. The number of carbonyl (C=O) groups excluding carboxylic acids is 1. The van der Waals surface area contributed by atoms with Crippen molar-refractivity contribution in [1.29, 1.82) is 0 Å². The maximum atomic E-state index is 13.1. The van der Waals surface area contributed by atoms with Crippen LogP contribution in [0.4, 0.5) is 4.39 Å². The van der Waals surface area contributed by atoms with Crippen molar-refractivity contribution in [3.8, 4) is 0 Å². The van der Waals surface area contributed by atoms with E-state index in [9.17, 15) is 17.6 Å². The molecule has 0 fully saturated rings. The molecule has 1 N–H and O–H groups in total. The fourth-order valence-corrected chi connectivity index (χ4v) is 3.24. The van der Waals surface area contributed by atoms with Gasteiger partial charge in [-0.1, -0.05) is 23.8 Å². The average Bonchev–Trinajstić information content (AvgIpc) is 2.55. The van der Waals surface area contributed by atoms with Crippen LogP contribution in [0, 0.1) is 12.7 Å². The average molecular weight is 350 g/mol. The van der Waals surface area contributed by atoms with Crippen molar-refractivity contribution in [3.63, 3.8) is 0 Å². The summed E-state index contributed by atoms with van der Waals surface area (Å²) in [6.45, 7) is 2.11. The zero-order valence-corrected chi connectivity index (χ0v) is 14.3.